The second-order valence-electron chi connectivity index (χ2n) is 6.95. The normalized spacial score (nSPS) is 14.4. The first-order valence-electron chi connectivity index (χ1n) is 9.02. The van der Waals surface area contributed by atoms with Gasteiger partial charge in [-0.05, 0) is 32.8 Å². The van der Waals surface area contributed by atoms with Gasteiger partial charge in [-0.3, -0.25) is 0 Å². The summed E-state index contributed by atoms with van der Waals surface area (Å²) in [6.45, 7) is 13.3. The Labute approximate surface area is 129 Å². The van der Waals surface area contributed by atoms with Crippen LogP contribution in [0.4, 0.5) is 0 Å². The minimum atomic E-state index is 0.701. The predicted molar refractivity (Wildman–Crippen MR) is 93.1 cm³/mol. The molecule has 0 radical (unpaired) electrons. The van der Waals surface area contributed by atoms with Crippen LogP contribution in [0.1, 0.15) is 85.0 Å². The largest absolute Gasteiger partial charge is 0.321 e. The van der Waals surface area contributed by atoms with Gasteiger partial charge in [0.2, 0.25) is 0 Å². The third-order valence-corrected chi connectivity index (χ3v) is 4.82. The maximum absolute atomic E-state index is 3.91. The van der Waals surface area contributed by atoms with E-state index in [0.29, 0.717) is 6.04 Å². The molecule has 0 aliphatic carbocycles. The van der Waals surface area contributed by atoms with Crippen LogP contribution in [0, 0.1) is 0 Å². The lowest BCUT2D eigenvalue weighted by Gasteiger charge is -2.37. The number of unbranched alkanes of at least 4 members (excludes halogenated alkanes) is 9. The first-order chi connectivity index (χ1) is 9.56. The fraction of sp³-hybridized carbons (Fsp3) is 0.895. The average molecular weight is 283 g/mol. The Morgan fingerprint density at radius 3 is 1.70 bits per heavy atom. The fourth-order valence-corrected chi connectivity index (χ4v) is 2.82. The molecule has 0 aromatic carbocycles. The van der Waals surface area contributed by atoms with Crippen LogP contribution in [0.25, 0.3) is 0 Å². The third kappa shape index (κ3) is 9.58. The molecule has 0 N–H and O–H groups in total. The zero-order valence-electron chi connectivity index (χ0n) is 14.8. The van der Waals surface area contributed by atoms with E-state index in [2.05, 4.69) is 40.5 Å². The predicted octanol–water partition coefficient (Wildman–Crippen LogP) is 5.95. The first-order valence-corrected chi connectivity index (χ1v) is 9.02. The third-order valence-electron chi connectivity index (χ3n) is 4.82. The number of likely N-dealkylation sites (N-methyl/N-ethyl adjacent to an activating group) is 1. The minimum absolute atomic E-state index is 0.701. The highest BCUT2D eigenvalue weighted by Crippen LogP contribution is 2.15. The number of rotatable bonds is 14. The Balaban J connectivity index is 3.48. The summed E-state index contributed by atoms with van der Waals surface area (Å²) in [5, 5.41) is 0. The standard InChI is InChI=1S/C19H40N/c1-6-8-9-10-11-12-13-14-15-16-18-20(5,17-7-2)19(3)4/h7,19H,2,6,8-18H2,1,3-5H3/q+1. The van der Waals surface area contributed by atoms with Crippen LogP contribution in [0.5, 0.6) is 0 Å². The van der Waals surface area contributed by atoms with Crippen molar-refractivity contribution in [2.75, 3.05) is 20.1 Å². The van der Waals surface area contributed by atoms with Gasteiger partial charge < -0.3 is 4.48 Å². The van der Waals surface area contributed by atoms with Crippen molar-refractivity contribution in [3.05, 3.63) is 12.7 Å². The molecule has 0 aromatic rings. The molecule has 1 nitrogen and oxygen atoms in total. The van der Waals surface area contributed by atoms with E-state index < -0.39 is 0 Å². The lowest BCUT2D eigenvalue weighted by atomic mass is 10.1. The lowest BCUT2D eigenvalue weighted by Crippen LogP contribution is -2.50. The molecule has 1 heteroatoms. The van der Waals surface area contributed by atoms with Gasteiger partial charge in [-0.15, -0.1) is 0 Å². The maximum atomic E-state index is 3.91. The van der Waals surface area contributed by atoms with Gasteiger partial charge in [0.05, 0.1) is 26.2 Å². The van der Waals surface area contributed by atoms with Crippen LogP contribution < -0.4 is 0 Å². The zero-order chi connectivity index (χ0) is 15.3. The molecule has 0 spiro atoms. The van der Waals surface area contributed by atoms with Crippen LogP contribution in [0.3, 0.4) is 0 Å². The highest BCUT2D eigenvalue weighted by atomic mass is 15.3. The van der Waals surface area contributed by atoms with E-state index >= 15 is 0 Å². The molecule has 1 unspecified atom stereocenters. The Hall–Kier alpha value is -0.300. The molecule has 0 amide bonds. The second kappa shape index (κ2) is 12.4. The Morgan fingerprint density at radius 2 is 1.30 bits per heavy atom. The quantitative estimate of drug-likeness (QED) is 0.210. The Kier molecular flexibility index (Phi) is 12.3. The van der Waals surface area contributed by atoms with Crippen LogP contribution in [0.15, 0.2) is 12.7 Å². The number of hydrogen-bond donors (Lipinski definition) is 0. The summed E-state index contributed by atoms with van der Waals surface area (Å²) in [5.41, 5.74) is 0. The summed E-state index contributed by atoms with van der Waals surface area (Å²) in [7, 11) is 2.38. The van der Waals surface area contributed by atoms with Crippen molar-refractivity contribution in [2.45, 2.75) is 91.0 Å². The lowest BCUT2D eigenvalue weighted by molar-refractivity contribution is -0.924. The van der Waals surface area contributed by atoms with E-state index in [1.165, 1.54) is 70.8 Å². The summed E-state index contributed by atoms with van der Waals surface area (Å²) in [4.78, 5) is 0. The van der Waals surface area contributed by atoms with Crippen LogP contribution in [-0.2, 0) is 0 Å². The monoisotopic (exact) mass is 282 g/mol. The number of quaternary nitrogens is 1. The van der Waals surface area contributed by atoms with Crippen molar-refractivity contribution in [1.29, 1.82) is 0 Å². The van der Waals surface area contributed by atoms with E-state index in [9.17, 15) is 0 Å². The SMILES string of the molecule is C=CC[N+](C)(CCCCCCCCCCCC)C(C)C. The second-order valence-corrected chi connectivity index (χ2v) is 6.95. The number of nitrogens with zero attached hydrogens (tertiary/aromatic N) is 1. The van der Waals surface area contributed by atoms with Crippen molar-refractivity contribution < 1.29 is 4.48 Å². The molecular formula is C19H40N+. The highest BCUT2D eigenvalue weighted by molar-refractivity contribution is 4.66. The van der Waals surface area contributed by atoms with Crippen LogP contribution in [0.2, 0.25) is 0 Å². The van der Waals surface area contributed by atoms with E-state index in [1.807, 2.05) is 0 Å². The van der Waals surface area contributed by atoms with Gasteiger partial charge in [0, 0.05) is 0 Å². The molecule has 0 saturated carbocycles. The Bertz CT molecular complexity index is 222. The van der Waals surface area contributed by atoms with Gasteiger partial charge in [-0.2, -0.15) is 0 Å². The van der Waals surface area contributed by atoms with E-state index in [-0.39, 0.29) is 0 Å². The zero-order valence-corrected chi connectivity index (χ0v) is 14.8. The molecule has 0 rings (SSSR count). The van der Waals surface area contributed by atoms with Gasteiger partial charge in [-0.1, -0.05) is 64.9 Å². The van der Waals surface area contributed by atoms with Gasteiger partial charge in [0.1, 0.15) is 0 Å². The number of hydrogen-bond acceptors (Lipinski definition) is 0. The molecule has 0 fully saturated rings. The van der Waals surface area contributed by atoms with Crippen molar-refractivity contribution in [3.63, 3.8) is 0 Å². The molecule has 0 bridgehead atoms. The highest BCUT2D eigenvalue weighted by Gasteiger charge is 2.23. The van der Waals surface area contributed by atoms with Crippen molar-refractivity contribution in [3.8, 4) is 0 Å². The molecular weight excluding hydrogens is 242 g/mol. The minimum Gasteiger partial charge on any atom is -0.321 e. The van der Waals surface area contributed by atoms with Crippen LogP contribution >= 0.6 is 0 Å². The molecule has 0 aliphatic heterocycles. The first kappa shape index (κ1) is 19.7. The summed E-state index contributed by atoms with van der Waals surface area (Å²) >= 11 is 0. The topological polar surface area (TPSA) is 0 Å². The van der Waals surface area contributed by atoms with Gasteiger partial charge in [0.25, 0.3) is 0 Å². The Morgan fingerprint density at radius 1 is 0.850 bits per heavy atom. The molecule has 0 aliphatic rings. The van der Waals surface area contributed by atoms with Crippen LogP contribution in [-0.4, -0.2) is 30.7 Å². The van der Waals surface area contributed by atoms with Gasteiger partial charge in [-0.25, -0.2) is 0 Å². The molecule has 0 saturated heterocycles. The molecule has 120 valence electrons. The van der Waals surface area contributed by atoms with E-state index in [4.69, 9.17) is 0 Å². The summed E-state index contributed by atoms with van der Waals surface area (Å²) < 4.78 is 1.15. The van der Waals surface area contributed by atoms with E-state index in [0.717, 1.165) is 11.0 Å². The van der Waals surface area contributed by atoms with Crippen molar-refractivity contribution in [2.24, 2.45) is 0 Å². The molecule has 20 heavy (non-hydrogen) atoms. The maximum Gasteiger partial charge on any atom is 0.0970 e. The molecule has 1 atom stereocenters. The smallest absolute Gasteiger partial charge is 0.0970 e. The van der Waals surface area contributed by atoms with Gasteiger partial charge >= 0.3 is 0 Å². The fourth-order valence-electron chi connectivity index (χ4n) is 2.82. The van der Waals surface area contributed by atoms with E-state index in [1.54, 1.807) is 0 Å². The molecule has 0 aromatic heterocycles. The average Bonchev–Trinajstić information content (AvgIpc) is 2.41. The summed E-state index contributed by atoms with van der Waals surface area (Å²) in [5.74, 6) is 0. The summed E-state index contributed by atoms with van der Waals surface area (Å²) in [6, 6.07) is 0.701. The van der Waals surface area contributed by atoms with Crippen molar-refractivity contribution in [1.82, 2.24) is 0 Å². The molecule has 0 heterocycles. The summed E-state index contributed by atoms with van der Waals surface area (Å²) in [6.07, 6.45) is 16.3. The van der Waals surface area contributed by atoms with Crippen molar-refractivity contribution >= 4 is 0 Å². The van der Waals surface area contributed by atoms with Gasteiger partial charge in [0.15, 0.2) is 0 Å².